The Labute approximate surface area is 206 Å². The number of rotatable bonds is 5. The Morgan fingerprint density at radius 1 is 1.06 bits per heavy atom. The van der Waals surface area contributed by atoms with Crippen LogP contribution in [0.4, 0.5) is 11.4 Å². The van der Waals surface area contributed by atoms with Gasteiger partial charge in [0, 0.05) is 38.0 Å². The number of pyridine rings is 1. The lowest BCUT2D eigenvalue weighted by atomic mass is 9.93. The number of hydrogen-bond acceptors (Lipinski definition) is 7. The Morgan fingerprint density at radius 2 is 1.82 bits per heavy atom. The van der Waals surface area contributed by atoms with Gasteiger partial charge in [0.25, 0.3) is 10.1 Å². The van der Waals surface area contributed by atoms with Crippen LogP contribution >= 0.6 is 31.9 Å². The molecule has 0 saturated heterocycles. The van der Waals surface area contributed by atoms with Crippen molar-refractivity contribution in [3.8, 4) is 0 Å². The topological polar surface area (TPSA) is 143 Å². The minimum atomic E-state index is -4.54. The van der Waals surface area contributed by atoms with Gasteiger partial charge in [0.05, 0.1) is 0 Å². The molecule has 1 aromatic heterocycles. The van der Waals surface area contributed by atoms with Gasteiger partial charge in [-0.15, -0.1) is 15.3 Å². The van der Waals surface area contributed by atoms with Crippen LogP contribution in [-0.4, -0.2) is 18.0 Å². The van der Waals surface area contributed by atoms with Gasteiger partial charge in [0.2, 0.25) is 0 Å². The van der Waals surface area contributed by atoms with Crippen molar-refractivity contribution in [3.63, 3.8) is 0 Å². The molecule has 0 amide bonds. The van der Waals surface area contributed by atoms with Crippen LogP contribution in [0.1, 0.15) is 17.9 Å². The molecular formula is C21H16Br2N6O3S. The van der Waals surface area contributed by atoms with Crippen LogP contribution in [0.3, 0.4) is 0 Å². The van der Waals surface area contributed by atoms with Gasteiger partial charge in [-0.05, 0) is 40.0 Å². The van der Waals surface area contributed by atoms with Gasteiger partial charge in [-0.25, -0.2) is 0 Å². The van der Waals surface area contributed by atoms with Crippen molar-refractivity contribution >= 4 is 64.1 Å². The average molecular weight is 592 g/mol. The molecule has 0 aliphatic heterocycles. The minimum absolute atomic E-state index is 0.0815. The first-order valence-corrected chi connectivity index (χ1v) is 12.5. The minimum Gasteiger partial charge on any atom is -0.305 e. The molecular weight excluding hydrogens is 576 g/mol. The predicted molar refractivity (Wildman–Crippen MR) is 132 cm³/mol. The third-order valence-electron chi connectivity index (χ3n) is 4.99. The molecule has 9 nitrogen and oxygen atoms in total. The highest BCUT2D eigenvalue weighted by atomic mass is 79.9. The van der Waals surface area contributed by atoms with Crippen LogP contribution in [0.15, 0.2) is 101 Å². The molecule has 1 aliphatic rings. The van der Waals surface area contributed by atoms with E-state index in [9.17, 15) is 13.0 Å². The van der Waals surface area contributed by atoms with Gasteiger partial charge < -0.3 is 5.84 Å². The molecule has 2 aromatic carbocycles. The lowest BCUT2D eigenvalue weighted by Gasteiger charge is -2.19. The molecule has 1 atom stereocenters. The number of fused-ring (bicyclic) bond motifs is 1. The molecule has 12 heteroatoms. The summed E-state index contributed by atoms with van der Waals surface area (Å²) in [5.74, 6) is 5.37. The molecule has 33 heavy (non-hydrogen) atoms. The standard InChI is InChI=1S/C21H16Br2N6O3S/c22-16-8-13(12-4-3-7-25-11-12)9-17(23)21(16)27-26-18-10-19(33(30,31)32)14-5-1-2-6-15(14)20(18)28-29-24/h1-8,10-11,13H,9H2,(H2,24,28)(H,30,31,32). The largest absolute Gasteiger partial charge is 0.305 e. The molecule has 1 aliphatic carbocycles. The molecule has 0 bridgehead atoms. The van der Waals surface area contributed by atoms with Gasteiger partial charge in [-0.3, -0.25) is 9.54 Å². The molecule has 168 valence electrons. The van der Waals surface area contributed by atoms with Crippen LogP contribution in [-0.2, 0) is 10.1 Å². The molecule has 3 N–H and O–H groups in total. The molecule has 0 spiro atoms. The Morgan fingerprint density at radius 3 is 2.45 bits per heavy atom. The zero-order valence-corrected chi connectivity index (χ0v) is 20.8. The number of aromatic nitrogens is 1. The zero-order valence-electron chi connectivity index (χ0n) is 16.8. The highest BCUT2D eigenvalue weighted by Gasteiger charge is 2.23. The first kappa shape index (κ1) is 23.4. The summed E-state index contributed by atoms with van der Waals surface area (Å²) in [7, 11) is -4.54. The Bertz CT molecular complexity index is 1450. The number of nitrogens with zero attached hydrogens (tertiary/aromatic N) is 5. The van der Waals surface area contributed by atoms with Crippen molar-refractivity contribution in [1.82, 2.24) is 4.98 Å². The maximum atomic E-state index is 12.0. The van der Waals surface area contributed by atoms with Crippen LogP contribution in [0, 0.1) is 0 Å². The Hall–Kier alpha value is -2.80. The molecule has 0 radical (unpaired) electrons. The van der Waals surface area contributed by atoms with Crippen LogP contribution in [0.25, 0.3) is 10.8 Å². The van der Waals surface area contributed by atoms with Gasteiger partial charge in [0.15, 0.2) is 0 Å². The van der Waals surface area contributed by atoms with Crippen molar-refractivity contribution in [2.75, 3.05) is 0 Å². The summed E-state index contributed by atoms with van der Waals surface area (Å²) in [4.78, 5) is 3.85. The first-order valence-electron chi connectivity index (χ1n) is 9.51. The lowest BCUT2D eigenvalue weighted by Crippen LogP contribution is -2.03. The van der Waals surface area contributed by atoms with E-state index in [-0.39, 0.29) is 27.6 Å². The summed E-state index contributed by atoms with van der Waals surface area (Å²) in [6.07, 6.45) is 6.17. The highest BCUT2D eigenvalue weighted by Crippen LogP contribution is 2.43. The molecule has 0 fully saturated rings. The van der Waals surface area contributed by atoms with Crippen molar-refractivity contribution < 1.29 is 13.0 Å². The fourth-order valence-electron chi connectivity index (χ4n) is 3.51. The first-order chi connectivity index (χ1) is 15.8. The second-order valence-electron chi connectivity index (χ2n) is 7.04. The van der Waals surface area contributed by atoms with E-state index < -0.39 is 10.1 Å². The summed E-state index contributed by atoms with van der Waals surface area (Å²) in [6.45, 7) is 0. The Balaban J connectivity index is 1.80. The van der Waals surface area contributed by atoms with Crippen LogP contribution < -0.4 is 5.84 Å². The number of halogens is 2. The number of benzene rings is 2. The van der Waals surface area contributed by atoms with Gasteiger partial charge in [-0.1, -0.05) is 57.6 Å². The van der Waals surface area contributed by atoms with Crippen molar-refractivity contribution in [2.45, 2.75) is 17.2 Å². The lowest BCUT2D eigenvalue weighted by molar-refractivity contribution is 0.484. The highest BCUT2D eigenvalue weighted by molar-refractivity contribution is 9.12. The summed E-state index contributed by atoms with van der Waals surface area (Å²) in [5, 5.41) is 16.5. The van der Waals surface area contributed by atoms with Crippen molar-refractivity contribution in [2.24, 2.45) is 26.4 Å². The number of allylic oxidation sites excluding steroid dienone is 3. The number of azo groups is 1. The van der Waals surface area contributed by atoms with E-state index in [2.05, 4.69) is 57.4 Å². The van der Waals surface area contributed by atoms with E-state index in [1.807, 2.05) is 24.4 Å². The smallest absolute Gasteiger partial charge is 0.295 e. The maximum absolute atomic E-state index is 12.0. The fourth-order valence-corrected chi connectivity index (χ4v) is 5.78. The van der Waals surface area contributed by atoms with Gasteiger partial charge in [-0.2, -0.15) is 8.42 Å². The molecule has 3 aromatic rings. The monoisotopic (exact) mass is 590 g/mol. The van der Waals surface area contributed by atoms with Crippen LogP contribution in [0.5, 0.6) is 0 Å². The summed E-state index contributed by atoms with van der Waals surface area (Å²) < 4.78 is 35.3. The van der Waals surface area contributed by atoms with E-state index in [0.29, 0.717) is 22.0 Å². The summed E-state index contributed by atoms with van der Waals surface area (Å²) in [5.41, 5.74) is 1.90. The second kappa shape index (κ2) is 9.59. The zero-order chi connectivity index (χ0) is 23.6. The van der Waals surface area contributed by atoms with Crippen molar-refractivity contribution in [3.05, 3.63) is 81.2 Å². The summed E-state index contributed by atoms with van der Waals surface area (Å²) in [6, 6.07) is 11.6. The SMILES string of the molecule is NN=Nc1c(N=NC2=C(Br)CC(c3cccnc3)C=C2Br)cc(S(=O)(=O)O)c2ccccc12. The quantitative estimate of drug-likeness (QED) is 0.149. The molecule has 1 unspecified atom stereocenters. The molecule has 4 rings (SSSR count). The average Bonchev–Trinajstić information content (AvgIpc) is 2.79. The van der Waals surface area contributed by atoms with Gasteiger partial charge in [0.1, 0.15) is 22.0 Å². The predicted octanol–water partition coefficient (Wildman–Crippen LogP) is 6.60. The van der Waals surface area contributed by atoms with E-state index in [4.69, 9.17) is 5.84 Å². The maximum Gasteiger partial charge on any atom is 0.295 e. The summed E-state index contributed by atoms with van der Waals surface area (Å²) >= 11 is 7.12. The molecule has 0 saturated carbocycles. The fraction of sp³-hybridized carbons (Fsp3) is 0.0952. The van der Waals surface area contributed by atoms with Gasteiger partial charge >= 0.3 is 0 Å². The third kappa shape index (κ3) is 4.93. The molecule has 1 heterocycles. The Kier molecular flexibility index (Phi) is 6.79. The van der Waals surface area contributed by atoms with E-state index in [1.165, 1.54) is 6.07 Å². The van der Waals surface area contributed by atoms with Crippen LogP contribution in [0.2, 0.25) is 0 Å². The van der Waals surface area contributed by atoms with E-state index in [0.717, 1.165) is 10.0 Å². The second-order valence-corrected chi connectivity index (χ2v) is 10.2. The third-order valence-corrected chi connectivity index (χ3v) is 7.23. The normalized spacial score (nSPS) is 17.3. The number of hydrogen-bond donors (Lipinski definition) is 2. The van der Waals surface area contributed by atoms with Crippen molar-refractivity contribution in [1.29, 1.82) is 0 Å². The van der Waals surface area contributed by atoms with E-state index >= 15 is 0 Å². The number of nitrogens with two attached hydrogens (primary N) is 1. The van der Waals surface area contributed by atoms with E-state index in [1.54, 1.807) is 30.5 Å².